The van der Waals surface area contributed by atoms with Gasteiger partial charge in [0.25, 0.3) is 0 Å². The number of nitriles is 1. The summed E-state index contributed by atoms with van der Waals surface area (Å²) < 4.78 is 16.0. The maximum atomic E-state index is 9.27. The molecule has 0 fully saturated rings. The molecule has 1 aromatic carbocycles. The second-order valence-corrected chi connectivity index (χ2v) is 5.84. The maximum absolute atomic E-state index is 9.27. The minimum atomic E-state index is 0.323. The molecule has 0 saturated heterocycles. The van der Waals surface area contributed by atoms with E-state index < -0.39 is 0 Å². The predicted molar refractivity (Wildman–Crippen MR) is 97.2 cm³/mol. The van der Waals surface area contributed by atoms with Crippen molar-refractivity contribution < 1.29 is 14.2 Å². The van der Waals surface area contributed by atoms with Crippen LogP contribution in [0.1, 0.15) is 5.56 Å². The zero-order chi connectivity index (χ0) is 18.5. The van der Waals surface area contributed by atoms with Crippen molar-refractivity contribution in [3.63, 3.8) is 0 Å². The molecule has 26 heavy (non-hydrogen) atoms. The number of nitrogens with zero attached hydrogens (tertiary/aromatic N) is 4. The fourth-order valence-electron chi connectivity index (χ4n) is 2.31. The summed E-state index contributed by atoms with van der Waals surface area (Å²) in [6.45, 7) is 0. The highest BCUT2D eigenvalue weighted by Gasteiger charge is 2.15. The van der Waals surface area contributed by atoms with E-state index >= 15 is 0 Å². The van der Waals surface area contributed by atoms with Crippen LogP contribution in [0.4, 0.5) is 11.6 Å². The van der Waals surface area contributed by atoms with Crippen molar-refractivity contribution >= 4 is 23.0 Å². The minimum absolute atomic E-state index is 0.323. The molecule has 0 aliphatic rings. The van der Waals surface area contributed by atoms with Gasteiger partial charge in [-0.3, -0.25) is 0 Å². The summed E-state index contributed by atoms with van der Waals surface area (Å²) in [6, 6.07) is 5.57. The molecular formula is C17H15N5O3S. The van der Waals surface area contributed by atoms with Gasteiger partial charge in [-0.2, -0.15) is 5.26 Å². The molecular weight excluding hydrogens is 354 g/mol. The van der Waals surface area contributed by atoms with E-state index in [9.17, 15) is 5.26 Å². The molecule has 8 nitrogen and oxygen atoms in total. The molecule has 0 spiro atoms. The highest BCUT2D eigenvalue weighted by molar-refractivity contribution is 7.13. The van der Waals surface area contributed by atoms with Crippen molar-refractivity contribution in [2.75, 3.05) is 26.6 Å². The molecule has 0 saturated carbocycles. The number of ether oxygens (including phenoxy) is 3. The highest BCUT2D eigenvalue weighted by atomic mass is 32.1. The van der Waals surface area contributed by atoms with Gasteiger partial charge in [0.1, 0.15) is 16.8 Å². The van der Waals surface area contributed by atoms with Gasteiger partial charge in [-0.05, 0) is 0 Å². The van der Waals surface area contributed by atoms with Gasteiger partial charge in [-0.25, -0.2) is 15.0 Å². The van der Waals surface area contributed by atoms with E-state index in [1.807, 2.05) is 5.38 Å². The molecule has 9 heteroatoms. The van der Waals surface area contributed by atoms with Crippen LogP contribution >= 0.6 is 11.3 Å². The number of benzene rings is 1. The fourth-order valence-corrected chi connectivity index (χ4v) is 2.95. The number of rotatable bonds is 6. The molecule has 0 unspecified atom stereocenters. The smallest absolute Gasteiger partial charge is 0.227 e. The third-order valence-corrected chi connectivity index (χ3v) is 4.24. The zero-order valence-electron chi connectivity index (χ0n) is 14.3. The van der Waals surface area contributed by atoms with Crippen LogP contribution in [-0.2, 0) is 0 Å². The average Bonchev–Trinajstić information content (AvgIpc) is 3.21. The third kappa shape index (κ3) is 3.36. The molecule has 132 valence electrons. The Labute approximate surface area is 154 Å². The zero-order valence-corrected chi connectivity index (χ0v) is 15.1. The van der Waals surface area contributed by atoms with Crippen LogP contribution in [0.2, 0.25) is 0 Å². The molecule has 2 heterocycles. The van der Waals surface area contributed by atoms with Gasteiger partial charge in [-0.15, -0.1) is 11.3 Å². The van der Waals surface area contributed by atoms with Gasteiger partial charge in [0.2, 0.25) is 11.7 Å². The van der Waals surface area contributed by atoms with Gasteiger partial charge in [-0.1, -0.05) is 0 Å². The minimum Gasteiger partial charge on any atom is -0.493 e. The molecule has 0 bridgehead atoms. The van der Waals surface area contributed by atoms with Crippen LogP contribution in [0.25, 0.3) is 10.7 Å². The Kier molecular flexibility index (Phi) is 5.15. The first kappa shape index (κ1) is 17.4. The van der Waals surface area contributed by atoms with Crippen molar-refractivity contribution in [3.05, 3.63) is 35.5 Å². The fraction of sp³-hybridized carbons (Fsp3) is 0.176. The number of methoxy groups -OCH3 is 3. The number of hydrogen-bond acceptors (Lipinski definition) is 9. The van der Waals surface area contributed by atoms with Crippen LogP contribution in [-0.4, -0.2) is 36.3 Å². The molecule has 0 amide bonds. The summed E-state index contributed by atoms with van der Waals surface area (Å²) in [5, 5.41) is 14.8. The quantitative estimate of drug-likeness (QED) is 0.706. The summed E-state index contributed by atoms with van der Waals surface area (Å²) in [7, 11) is 4.62. The third-order valence-electron chi connectivity index (χ3n) is 3.46. The van der Waals surface area contributed by atoms with Crippen molar-refractivity contribution in [1.82, 2.24) is 15.0 Å². The second kappa shape index (κ2) is 7.67. The number of anilines is 2. The Hall–Kier alpha value is -3.38. The molecule has 3 rings (SSSR count). The molecule has 1 N–H and O–H groups in total. The Morgan fingerprint density at radius 1 is 1.08 bits per heavy atom. The van der Waals surface area contributed by atoms with E-state index in [0.29, 0.717) is 45.1 Å². The van der Waals surface area contributed by atoms with Gasteiger partial charge in [0.15, 0.2) is 11.5 Å². The molecule has 2 aromatic heterocycles. The SMILES string of the molecule is COc1cc(Nc2ncc(C#N)c(-c3nccs3)n2)cc(OC)c1OC. The first-order chi connectivity index (χ1) is 12.7. The number of aromatic nitrogens is 3. The first-order valence-corrected chi connectivity index (χ1v) is 8.32. The molecule has 0 radical (unpaired) electrons. The van der Waals surface area contributed by atoms with Crippen molar-refractivity contribution in [2.45, 2.75) is 0 Å². The van der Waals surface area contributed by atoms with E-state index in [4.69, 9.17) is 14.2 Å². The van der Waals surface area contributed by atoms with E-state index in [0.717, 1.165) is 0 Å². The van der Waals surface area contributed by atoms with Crippen LogP contribution in [0, 0.1) is 11.3 Å². The van der Waals surface area contributed by atoms with Gasteiger partial charge < -0.3 is 19.5 Å². The Morgan fingerprint density at radius 3 is 2.35 bits per heavy atom. The van der Waals surface area contributed by atoms with Crippen molar-refractivity contribution in [3.8, 4) is 34.0 Å². The van der Waals surface area contributed by atoms with Gasteiger partial charge >= 0.3 is 0 Å². The lowest BCUT2D eigenvalue weighted by atomic mass is 10.2. The molecule has 3 aromatic rings. The van der Waals surface area contributed by atoms with Crippen molar-refractivity contribution in [2.24, 2.45) is 0 Å². The largest absolute Gasteiger partial charge is 0.493 e. The Bertz CT molecular complexity index is 929. The topological polar surface area (TPSA) is 102 Å². The normalized spacial score (nSPS) is 10.1. The highest BCUT2D eigenvalue weighted by Crippen LogP contribution is 2.40. The number of hydrogen-bond donors (Lipinski definition) is 1. The van der Waals surface area contributed by atoms with Crippen LogP contribution in [0.15, 0.2) is 29.9 Å². The summed E-state index contributed by atoms with van der Waals surface area (Å²) >= 11 is 1.40. The Morgan fingerprint density at radius 2 is 1.81 bits per heavy atom. The van der Waals surface area contributed by atoms with Crippen molar-refractivity contribution in [1.29, 1.82) is 5.26 Å². The van der Waals surface area contributed by atoms with Crippen LogP contribution < -0.4 is 19.5 Å². The van der Waals surface area contributed by atoms with E-state index in [1.165, 1.54) is 24.6 Å². The predicted octanol–water partition coefficient (Wildman–Crippen LogP) is 3.24. The summed E-state index contributed by atoms with van der Waals surface area (Å²) in [5.41, 5.74) is 1.48. The lowest BCUT2D eigenvalue weighted by molar-refractivity contribution is 0.324. The van der Waals surface area contributed by atoms with Crippen LogP contribution in [0.3, 0.4) is 0 Å². The van der Waals surface area contributed by atoms with E-state index in [2.05, 4.69) is 26.3 Å². The van der Waals surface area contributed by atoms with Gasteiger partial charge in [0, 0.05) is 29.4 Å². The van der Waals surface area contributed by atoms with E-state index in [1.54, 1.807) is 32.5 Å². The van der Waals surface area contributed by atoms with Crippen LogP contribution in [0.5, 0.6) is 17.2 Å². The summed E-state index contributed by atoms with van der Waals surface area (Å²) in [6.07, 6.45) is 3.12. The standard InChI is InChI=1S/C17H15N5O3S/c1-23-12-6-11(7-13(24-2)15(12)25-3)21-17-20-9-10(8-18)14(22-17)16-19-4-5-26-16/h4-7,9H,1-3H3,(H,20,21,22). The lowest BCUT2D eigenvalue weighted by Crippen LogP contribution is -2.02. The van der Waals surface area contributed by atoms with E-state index in [-0.39, 0.29) is 0 Å². The lowest BCUT2D eigenvalue weighted by Gasteiger charge is -2.14. The second-order valence-electron chi connectivity index (χ2n) is 4.94. The molecule has 0 atom stereocenters. The summed E-state index contributed by atoms with van der Waals surface area (Å²) in [5.74, 6) is 1.82. The number of thiazole rings is 1. The monoisotopic (exact) mass is 369 g/mol. The van der Waals surface area contributed by atoms with Gasteiger partial charge in [0.05, 0.1) is 33.1 Å². The molecule has 0 aliphatic carbocycles. The Balaban J connectivity index is 1.99. The first-order valence-electron chi connectivity index (χ1n) is 7.44. The average molecular weight is 369 g/mol. The maximum Gasteiger partial charge on any atom is 0.227 e. The molecule has 0 aliphatic heterocycles. The number of nitrogens with one attached hydrogen (secondary N) is 1. The summed E-state index contributed by atoms with van der Waals surface area (Å²) in [4.78, 5) is 12.8.